The molecule has 9 nitrogen and oxygen atoms in total. The summed E-state index contributed by atoms with van der Waals surface area (Å²) in [6.07, 6.45) is -1.39. The number of amides is 2. The Bertz CT molecular complexity index is 439. The molecule has 23 heavy (non-hydrogen) atoms. The molecule has 0 saturated carbocycles. The van der Waals surface area contributed by atoms with Gasteiger partial charge in [0.05, 0.1) is 25.8 Å². The van der Waals surface area contributed by atoms with E-state index in [1.165, 1.54) is 0 Å². The summed E-state index contributed by atoms with van der Waals surface area (Å²) in [5.41, 5.74) is 4.63. The van der Waals surface area contributed by atoms with Gasteiger partial charge in [0.2, 0.25) is 5.91 Å². The van der Waals surface area contributed by atoms with E-state index in [-0.39, 0.29) is 43.5 Å². The first-order valence-electron chi connectivity index (χ1n) is 7.61. The highest BCUT2D eigenvalue weighted by Crippen LogP contribution is 2.28. The average Bonchev–Trinajstić information content (AvgIpc) is 3.00. The molecule has 4 N–H and O–H groups in total. The average molecular weight is 331 g/mol. The van der Waals surface area contributed by atoms with Crippen LogP contribution in [0.4, 0.5) is 4.79 Å². The maximum atomic E-state index is 11.8. The number of nitrogens with two attached hydrogens (primary N) is 1. The molecule has 0 aliphatic carbocycles. The minimum absolute atomic E-state index is 0.0425. The Morgan fingerprint density at radius 3 is 2.57 bits per heavy atom. The van der Waals surface area contributed by atoms with Gasteiger partial charge in [-0.2, -0.15) is 0 Å². The van der Waals surface area contributed by atoms with Crippen molar-refractivity contribution >= 4 is 12.0 Å². The van der Waals surface area contributed by atoms with Gasteiger partial charge in [0.15, 0.2) is 0 Å². The van der Waals surface area contributed by atoms with E-state index in [4.69, 9.17) is 24.7 Å². The molecule has 2 heterocycles. The number of fused-ring (bicyclic) bond motifs is 1. The second-order valence-corrected chi connectivity index (χ2v) is 6.50. The zero-order chi connectivity index (χ0) is 17.0. The Labute approximate surface area is 135 Å². The third kappa shape index (κ3) is 5.03. The van der Waals surface area contributed by atoms with Gasteiger partial charge in [-0.15, -0.1) is 0 Å². The van der Waals surface area contributed by atoms with Gasteiger partial charge in [0.1, 0.15) is 30.6 Å². The lowest BCUT2D eigenvalue weighted by molar-refractivity contribution is -0.123. The predicted molar refractivity (Wildman–Crippen MR) is 79.6 cm³/mol. The number of carbonyl (C=O) groups is 2. The summed E-state index contributed by atoms with van der Waals surface area (Å²) < 4.78 is 22.1. The minimum atomic E-state index is -0.563. The first-order valence-corrected chi connectivity index (χ1v) is 7.61. The summed E-state index contributed by atoms with van der Waals surface area (Å²) in [6.45, 7) is 6.00. The molecule has 0 aromatic carbocycles. The quantitative estimate of drug-likeness (QED) is 0.558. The van der Waals surface area contributed by atoms with Gasteiger partial charge in [-0.25, -0.2) is 4.79 Å². The van der Waals surface area contributed by atoms with Crippen molar-refractivity contribution in [3.8, 4) is 0 Å². The fourth-order valence-corrected chi connectivity index (χ4v) is 2.49. The van der Waals surface area contributed by atoms with Crippen LogP contribution in [0.15, 0.2) is 0 Å². The molecule has 0 radical (unpaired) electrons. The van der Waals surface area contributed by atoms with E-state index >= 15 is 0 Å². The van der Waals surface area contributed by atoms with Crippen LogP contribution in [0.25, 0.3) is 0 Å². The molecule has 0 aromatic heterocycles. The van der Waals surface area contributed by atoms with Gasteiger partial charge in [-0.05, 0) is 20.8 Å². The molecular formula is C14H25N3O6. The highest BCUT2D eigenvalue weighted by Gasteiger charge is 2.49. The molecular weight excluding hydrogens is 306 g/mol. The van der Waals surface area contributed by atoms with Crippen LogP contribution < -0.4 is 16.4 Å². The van der Waals surface area contributed by atoms with Crippen LogP contribution in [0.5, 0.6) is 0 Å². The topological polar surface area (TPSA) is 121 Å². The lowest BCUT2D eigenvalue weighted by atomic mass is 10.1. The van der Waals surface area contributed by atoms with Gasteiger partial charge in [0.25, 0.3) is 0 Å². The van der Waals surface area contributed by atoms with Gasteiger partial charge < -0.3 is 35.3 Å². The molecule has 2 aliphatic rings. The third-order valence-electron chi connectivity index (χ3n) is 3.46. The highest BCUT2D eigenvalue weighted by atomic mass is 16.6. The summed E-state index contributed by atoms with van der Waals surface area (Å²) >= 11 is 0. The van der Waals surface area contributed by atoms with E-state index in [1.807, 2.05) is 0 Å². The van der Waals surface area contributed by atoms with E-state index in [9.17, 15) is 9.59 Å². The molecule has 4 atom stereocenters. The number of alkyl carbamates (subject to hydrolysis) is 1. The molecule has 0 aromatic rings. The fraction of sp³-hybridized carbons (Fsp3) is 0.857. The maximum absolute atomic E-state index is 11.8. The van der Waals surface area contributed by atoms with Gasteiger partial charge in [0, 0.05) is 0 Å². The monoisotopic (exact) mass is 331 g/mol. The van der Waals surface area contributed by atoms with Crippen molar-refractivity contribution in [3.05, 3.63) is 0 Å². The molecule has 2 saturated heterocycles. The molecule has 2 rings (SSSR count). The largest absolute Gasteiger partial charge is 0.444 e. The number of hydrogen-bond donors (Lipinski definition) is 3. The summed E-state index contributed by atoms with van der Waals surface area (Å²) in [6, 6.07) is -0.290. The smallest absolute Gasteiger partial charge is 0.408 e. The molecule has 9 heteroatoms. The van der Waals surface area contributed by atoms with Crippen LogP contribution in [-0.4, -0.2) is 68.4 Å². The van der Waals surface area contributed by atoms with E-state index in [0.717, 1.165) is 0 Å². The molecule has 0 spiro atoms. The van der Waals surface area contributed by atoms with Crippen molar-refractivity contribution < 1.29 is 28.5 Å². The Balaban J connectivity index is 1.78. The van der Waals surface area contributed by atoms with E-state index < -0.39 is 11.7 Å². The van der Waals surface area contributed by atoms with Crippen LogP contribution in [-0.2, 0) is 23.7 Å². The van der Waals surface area contributed by atoms with Crippen LogP contribution >= 0.6 is 0 Å². The molecule has 2 aliphatic heterocycles. The van der Waals surface area contributed by atoms with Crippen LogP contribution in [0.3, 0.4) is 0 Å². The molecule has 2 fully saturated rings. The van der Waals surface area contributed by atoms with Crippen molar-refractivity contribution in [3.63, 3.8) is 0 Å². The summed E-state index contributed by atoms with van der Waals surface area (Å²) in [5.74, 6) is -0.294. The Kier molecular flexibility index (Phi) is 5.79. The van der Waals surface area contributed by atoms with Crippen molar-refractivity contribution in [2.75, 3.05) is 26.5 Å². The van der Waals surface area contributed by atoms with Gasteiger partial charge >= 0.3 is 6.09 Å². The van der Waals surface area contributed by atoms with Crippen molar-refractivity contribution in [2.24, 2.45) is 5.73 Å². The van der Waals surface area contributed by atoms with Crippen LogP contribution in [0.1, 0.15) is 20.8 Å². The first-order chi connectivity index (χ1) is 10.8. The molecule has 0 bridgehead atoms. The third-order valence-corrected chi connectivity index (χ3v) is 3.46. The summed E-state index contributed by atoms with van der Waals surface area (Å²) in [4.78, 5) is 22.9. The summed E-state index contributed by atoms with van der Waals surface area (Å²) in [7, 11) is 0. The number of ether oxygens (including phenoxy) is 4. The standard InChI is InChI=1S/C14H25N3O6/c1-14(2,3)23-13(19)17-8-5-20-12-9(6-21-11(8)12)22-7-16-10(18)4-15/h8-9,11-12H,4-7,15H2,1-3H3,(H,16,18)(H,17,19)/t8-,9+,11+,12+/m0/s1. The summed E-state index contributed by atoms with van der Waals surface area (Å²) in [5, 5.41) is 5.28. The van der Waals surface area contributed by atoms with Crippen LogP contribution in [0, 0.1) is 0 Å². The number of carbonyl (C=O) groups excluding carboxylic acids is 2. The Morgan fingerprint density at radius 2 is 1.91 bits per heavy atom. The van der Waals surface area contributed by atoms with E-state index in [2.05, 4.69) is 10.6 Å². The van der Waals surface area contributed by atoms with Gasteiger partial charge in [-0.1, -0.05) is 0 Å². The number of hydrogen-bond acceptors (Lipinski definition) is 7. The Morgan fingerprint density at radius 1 is 1.22 bits per heavy atom. The fourth-order valence-electron chi connectivity index (χ4n) is 2.49. The molecule has 132 valence electrons. The zero-order valence-electron chi connectivity index (χ0n) is 13.7. The molecule has 0 unspecified atom stereocenters. The lowest BCUT2D eigenvalue weighted by Crippen LogP contribution is -2.46. The number of nitrogens with one attached hydrogen (secondary N) is 2. The SMILES string of the molecule is CC(C)(C)OC(=O)N[C@H]1CO[C@H]2[C@@H]1OC[C@H]2OCNC(=O)CN. The second kappa shape index (κ2) is 7.43. The maximum Gasteiger partial charge on any atom is 0.408 e. The predicted octanol–water partition coefficient (Wildman–Crippen LogP) is -0.905. The van der Waals surface area contributed by atoms with Crippen LogP contribution in [0.2, 0.25) is 0 Å². The second-order valence-electron chi connectivity index (χ2n) is 6.50. The van der Waals surface area contributed by atoms with Gasteiger partial charge in [-0.3, -0.25) is 4.79 Å². The first kappa shape index (κ1) is 17.9. The van der Waals surface area contributed by atoms with E-state index in [0.29, 0.717) is 13.2 Å². The zero-order valence-corrected chi connectivity index (χ0v) is 13.7. The van der Waals surface area contributed by atoms with Crippen molar-refractivity contribution in [1.82, 2.24) is 10.6 Å². The number of rotatable bonds is 5. The molecule has 2 amide bonds. The van der Waals surface area contributed by atoms with E-state index in [1.54, 1.807) is 20.8 Å². The Hall–Kier alpha value is -1.42. The van der Waals surface area contributed by atoms with Crippen molar-refractivity contribution in [1.29, 1.82) is 0 Å². The minimum Gasteiger partial charge on any atom is -0.444 e. The highest BCUT2D eigenvalue weighted by molar-refractivity contribution is 5.77. The van der Waals surface area contributed by atoms with Crippen molar-refractivity contribution in [2.45, 2.75) is 50.7 Å². The lowest BCUT2D eigenvalue weighted by Gasteiger charge is -2.23. The normalized spacial score (nSPS) is 29.9.